The second kappa shape index (κ2) is 5.54. The predicted molar refractivity (Wildman–Crippen MR) is 76.1 cm³/mol. The Balaban J connectivity index is 1.93. The van der Waals surface area contributed by atoms with Crippen LogP contribution in [0.15, 0.2) is 24.3 Å². The molecule has 0 atom stereocenters. The molecule has 5 nitrogen and oxygen atoms in total. The highest BCUT2D eigenvalue weighted by molar-refractivity contribution is 7.89. The van der Waals surface area contributed by atoms with Crippen molar-refractivity contribution in [3.63, 3.8) is 0 Å². The zero-order valence-corrected chi connectivity index (χ0v) is 12.2. The van der Waals surface area contributed by atoms with E-state index in [4.69, 9.17) is 0 Å². The van der Waals surface area contributed by atoms with Gasteiger partial charge in [-0.3, -0.25) is 4.79 Å². The van der Waals surface area contributed by atoms with Crippen molar-refractivity contribution in [2.45, 2.75) is 30.6 Å². The van der Waals surface area contributed by atoms with E-state index in [0.717, 1.165) is 19.3 Å². The summed E-state index contributed by atoms with van der Waals surface area (Å²) < 4.78 is 22.3. The molecule has 2 rings (SSSR count). The van der Waals surface area contributed by atoms with Crippen molar-refractivity contribution in [3.8, 4) is 0 Å². The minimum Gasteiger partial charge on any atom is -0.388 e. The predicted octanol–water partition coefficient (Wildman–Crippen LogP) is 0.876. The van der Waals surface area contributed by atoms with Gasteiger partial charge >= 0.3 is 0 Å². The number of benzene rings is 1. The topological polar surface area (TPSA) is 83.5 Å². The van der Waals surface area contributed by atoms with E-state index in [-0.39, 0.29) is 18.2 Å². The van der Waals surface area contributed by atoms with E-state index in [1.54, 1.807) is 24.3 Å². The summed E-state index contributed by atoms with van der Waals surface area (Å²) in [5, 5.41) is 12.6. The molecule has 0 radical (unpaired) electrons. The van der Waals surface area contributed by atoms with Gasteiger partial charge in [0.15, 0.2) is 9.84 Å². The SMILES string of the molecule is CS(=O)(=O)Cc1ccc(C(=O)NCC2(O)CCC2)cc1. The number of hydrogen-bond donors (Lipinski definition) is 2. The lowest BCUT2D eigenvalue weighted by Gasteiger charge is -2.36. The van der Waals surface area contributed by atoms with Gasteiger partial charge in [-0.1, -0.05) is 12.1 Å². The first kappa shape index (κ1) is 15.0. The fourth-order valence-electron chi connectivity index (χ4n) is 2.16. The quantitative estimate of drug-likeness (QED) is 0.845. The highest BCUT2D eigenvalue weighted by Crippen LogP contribution is 2.30. The van der Waals surface area contributed by atoms with Crippen LogP contribution in [0.3, 0.4) is 0 Å². The van der Waals surface area contributed by atoms with Crippen LogP contribution in [0.5, 0.6) is 0 Å². The molecule has 0 unspecified atom stereocenters. The average molecular weight is 297 g/mol. The molecule has 1 saturated carbocycles. The van der Waals surface area contributed by atoms with Crippen LogP contribution in [-0.2, 0) is 15.6 Å². The van der Waals surface area contributed by atoms with Crippen LogP contribution < -0.4 is 5.32 Å². The highest BCUT2D eigenvalue weighted by atomic mass is 32.2. The van der Waals surface area contributed by atoms with Gasteiger partial charge in [-0.05, 0) is 37.0 Å². The molecule has 20 heavy (non-hydrogen) atoms. The van der Waals surface area contributed by atoms with Gasteiger partial charge in [0.05, 0.1) is 11.4 Å². The summed E-state index contributed by atoms with van der Waals surface area (Å²) in [5.74, 6) is -0.287. The van der Waals surface area contributed by atoms with Crippen LogP contribution in [0.2, 0.25) is 0 Å². The molecule has 0 spiro atoms. The van der Waals surface area contributed by atoms with Crippen LogP contribution in [0.4, 0.5) is 0 Å². The molecule has 1 aromatic carbocycles. The Morgan fingerprint density at radius 2 is 1.90 bits per heavy atom. The van der Waals surface area contributed by atoms with Crippen molar-refractivity contribution in [2.75, 3.05) is 12.8 Å². The van der Waals surface area contributed by atoms with Crippen LogP contribution in [0, 0.1) is 0 Å². The molecule has 1 aromatic rings. The first-order valence-electron chi connectivity index (χ1n) is 6.55. The Labute approximate surface area is 118 Å². The van der Waals surface area contributed by atoms with E-state index >= 15 is 0 Å². The third-order valence-electron chi connectivity index (χ3n) is 3.51. The maximum atomic E-state index is 11.9. The van der Waals surface area contributed by atoms with Crippen molar-refractivity contribution in [1.82, 2.24) is 5.32 Å². The molecule has 1 fully saturated rings. The number of carbonyl (C=O) groups excluding carboxylic acids is 1. The lowest BCUT2D eigenvalue weighted by Crippen LogP contribution is -2.47. The largest absolute Gasteiger partial charge is 0.388 e. The summed E-state index contributed by atoms with van der Waals surface area (Å²) in [5.41, 5.74) is 0.373. The third kappa shape index (κ3) is 4.05. The second-order valence-electron chi connectivity index (χ2n) is 5.53. The van der Waals surface area contributed by atoms with Crippen molar-refractivity contribution in [1.29, 1.82) is 0 Å². The smallest absolute Gasteiger partial charge is 0.251 e. The average Bonchev–Trinajstić information content (AvgIpc) is 2.32. The number of amides is 1. The van der Waals surface area contributed by atoms with Gasteiger partial charge in [0, 0.05) is 18.4 Å². The summed E-state index contributed by atoms with van der Waals surface area (Å²) in [6.45, 7) is 0.261. The number of sulfone groups is 1. The van der Waals surface area contributed by atoms with Gasteiger partial charge in [0.25, 0.3) is 5.91 Å². The molecular formula is C14H19NO4S. The van der Waals surface area contributed by atoms with Gasteiger partial charge in [-0.2, -0.15) is 0 Å². The minimum atomic E-state index is -3.07. The van der Waals surface area contributed by atoms with E-state index in [1.165, 1.54) is 6.26 Å². The van der Waals surface area contributed by atoms with E-state index in [2.05, 4.69) is 5.32 Å². The van der Waals surface area contributed by atoms with Gasteiger partial charge in [0.1, 0.15) is 0 Å². The van der Waals surface area contributed by atoms with Gasteiger partial charge in [-0.25, -0.2) is 8.42 Å². The lowest BCUT2D eigenvalue weighted by atomic mass is 9.80. The molecule has 6 heteroatoms. The molecule has 0 heterocycles. The number of aliphatic hydroxyl groups is 1. The van der Waals surface area contributed by atoms with Crippen LogP contribution in [-0.4, -0.2) is 37.8 Å². The van der Waals surface area contributed by atoms with Crippen LogP contribution in [0.25, 0.3) is 0 Å². The van der Waals surface area contributed by atoms with Gasteiger partial charge < -0.3 is 10.4 Å². The van der Waals surface area contributed by atoms with Crippen LogP contribution >= 0.6 is 0 Å². The van der Waals surface area contributed by atoms with E-state index < -0.39 is 15.4 Å². The Kier molecular flexibility index (Phi) is 4.15. The van der Waals surface area contributed by atoms with E-state index in [1.807, 2.05) is 0 Å². The van der Waals surface area contributed by atoms with Crippen LogP contribution in [0.1, 0.15) is 35.2 Å². The molecule has 0 bridgehead atoms. The van der Waals surface area contributed by atoms with E-state index in [0.29, 0.717) is 11.1 Å². The third-order valence-corrected chi connectivity index (χ3v) is 4.36. The van der Waals surface area contributed by atoms with E-state index in [9.17, 15) is 18.3 Å². The number of hydrogen-bond acceptors (Lipinski definition) is 4. The first-order chi connectivity index (χ1) is 9.27. The zero-order valence-electron chi connectivity index (χ0n) is 11.4. The summed E-state index contributed by atoms with van der Waals surface area (Å²) in [4.78, 5) is 11.9. The molecule has 0 aromatic heterocycles. The normalized spacial score (nSPS) is 17.3. The molecule has 0 aliphatic heterocycles. The van der Waals surface area contributed by atoms with Crippen molar-refractivity contribution >= 4 is 15.7 Å². The van der Waals surface area contributed by atoms with Crippen molar-refractivity contribution in [3.05, 3.63) is 35.4 Å². The van der Waals surface area contributed by atoms with Crippen molar-refractivity contribution in [2.24, 2.45) is 0 Å². The Bertz CT molecular complexity index is 588. The Morgan fingerprint density at radius 3 is 2.35 bits per heavy atom. The highest BCUT2D eigenvalue weighted by Gasteiger charge is 2.34. The summed E-state index contributed by atoms with van der Waals surface area (Å²) in [6.07, 6.45) is 3.61. The Hall–Kier alpha value is -1.40. The first-order valence-corrected chi connectivity index (χ1v) is 8.61. The van der Waals surface area contributed by atoms with Gasteiger partial charge in [0.2, 0.25) is 0 Å². The molecular weight excluding hydrogens is 278 g/mol. The van der Waals surface area contributed by atoms with Crippen molar-refractivity contribution < 1.29 is 18.3 Å². The summed E-state index contributed by atoms with van der Waals surface area (Å²) in [7, 11) is -3.07. The zero-order chi connectivity index (χ0) is 14.8. The number of nitrogens with one attached hydrogen (secondary N) is 1. The molecule has 2 N–H and O–H groups in total. The molecule has 1 aliphatic rings. The van der Waals surface area contributed by atoms with Gasteiger partial charge in [-0.15, -0.1) is 0 Å². The summed E-state index contributed by atoms with van der Waals surface area (Å²) in [6, 6.07) is 6.46. The Morgan fingerprint density at radius 1 is 1.30 bits per heavy atom. The number of rotatable bonds is 5. The fraction of sp³-hybridized carbons (Fsp3) is 0.500. The maximum absolute atomic E-state index is 11.9. The second-order valence-corrected chi connectivity index (χ2v) is 7.67. The lowest BCUT2D eigenvalue weighted by molar-refractivity contribution is -0.0300. The standard InChI is InChI=1S/C14H19NO4S/c1-20(18,19)9-11-3-5-12(6-4-11)13(16)15-10-14(17)7-2-8-14/h3-6,17H,2,7-10H2,1H3,(H,15,16). The maximum Gasteiger partial charge on any atom is 0.251 e. The fourth-order valence-corrected chi connectivity index (χ4v) is 2.96. The summed E-state index contributed by atoms with van der Waals surface area (Å²) >= 11 is 0. The molecule has 0 saturated heterocycles. The monoisotopic (exact) mass is 297 g/mol. The molecule has 110 valence electrons. The minimum absolute atomic E-state index is 0.0331. The number of carbonyl (C=O) groups is 1. The molecule has 1 aliphatic carbocycles. The molecule has 1 amide bonds.